The van der Waals surface area contributed by atoms with Crippen molar-refractivity contribution in [1.29, 1.82) is 0 Å². The second-order valence-corrected chi connectivity index (χ2v) is 7.44. The topological polar surface area (TPSA) is 75.7 Å². The molecule has 0 aliphatic rings. The normalized spacial score (nSPS) is 12.3. The van der Waals surface area contributed by atoms with E-state index in [4.69, 9.17) is 4.74 Å². The summed E-state index contributed by atoms with van der Waals surface area (Å²) in [5.74, 6) is -2.42. The Balaban J connectivity index is 1.90. The highest BCUT2D eigenvalue weighted by atomic mass is 19.1. The summed E-state index contributed by atoms with van der Waals surface area (Å²) < 4.78 is 19.5. The van der Waals surface area contributed by atoms with Gasteiger partial charge in [0, 0.05) is 12.0 Å². The number of carbonyl (C=O) groups excluding carboxylic acids is 3. The monoisotopic (exact) mass is 448 g/mol. The summed E-state index contributed by atoms with van der Waals surface area (Å²) >= 11 is 0. The lowest BCUT2D eigenvalue weighted by molar-refractivity contribution is -0.145. The fourth-order valence-electron chi connectivity index (χ4n) is 3.46. The number of halogens is 1. The number of nitrogens with zero attached hydrogens (tertiary/aromatic N) is 1. The second-order valence-electron chi connectivity index (χ2n) is 7.44. The van der Waals surface area contributed by atoms with Crippen molar-refractivity contribution >= 4 is 23.5 Å². The molecule has 0 saturated heterocycles. The Hall–Kier alpha value is -4.00. The number of ether oxygens (including phenoxy) is 1. The number of nitrogens with one attached hydrogen (secondary N) is 1. The molecule has 6 nitrogen and oxygen atoms in total. The van der Waals surface area contributed by atoms with Crippen LogP contribution >= 0.6 is 0 Å². The van der Waals surface area contributed by atoms with Crippen LogP contribution in [-0.4, -0.2) is 37.0 Å². The van der Waals surface area contributed by atoms with E-state index in [2.05, 4.69) is 5.32 Å². The van der Waals surface area contributed by atoms with E-state index in [-0.39, 0.29) is 12.1 Å². The van der Waals surface area contributed by atoms with Gasteiger partial charge < -0.3 is 10.1 Å². The Morgan fingerprint density at radius 1 is 0.909 bits per heavy atom. The minimum absolute atomic E-state index is 0.0355. The van der Waals surface area contributed by atoms with Gasteiger partial charge in [0.1, 0.15) is 17.9 Å². The van der Waals surface area contributed by atoms with Gasteiger partial charge in [-0.1, -0.05) is 60.7 Å². The van der Waals surface area contributed by atoms with Gasteiger partial charge >= 0.3 is 5.97 Å². The molecule has 0 aromatic heterocycles. The van der Waals surface area contributed by atoms with Crippen molar-refractivity contribution in [2.24, 2.45) is 0 Å². The zero-order valence-corrected chi connectivity index (χ0v) is 18.4. The van der Waals surface area contributed by atoms with E-state index in [9.17, 15) is 18.8 Å². The highest BCUT2D eigenvalue weighted by molar-refractivity contribution is 6.10. The molecule has 0 unspecified atom stereocenters. The van der Waals surface area contributed by atoms with E-state index < -0.39 is 35.7 Å². The number of hydrogen-bond donors (Lipinski definition) is 1. The third kappa shape index (κ3) is 5.83. The van der Waals surface area contributed by atoms with Crippen molar-refractivity contribution in [1.82, 2.24) is 5.32 Å². The number of rotatable bonds is 8. The van der Waals surface area contributed by atoms with Crippen molar-refractivity contribution in [3.8, 4) is 0 Å². The molecule has 33 heavy (non-hydrogen) atoms. The van der Waals surface area contributed by atoms with E-state index in [0.29, 0.717) is 5.56 Å². The maximum Gasteiger partial charge on any atom is 0.328 e. The molecule has 2 amide bonds. The van der Waals surface area contributed by atoms with E-state index in [1.54, 1.807) is 36.4 Å². The number of esters is 1. The Bertz CT molecular complexity index is 1110. The van der Waals surface area contributed by atoms with Gasteiger partial charge in [-0.2, -0.15) is 0 Å². The lowest BCUT2D eigenvalue weighted by Gasteiger charge is -2.30. The maximum atomic E-state index is 14.7. The van der Waals surface area contributed by atoms with Crippen molar-refractivity contribution in [3.63, 3.8) is 0 Å². The summed E-state index contributed by atoms with van der Waals surface area (Å²) in [5.41, 5.74) is 1.09. The average Bonchev–Trinajstić information content (AvgIpc) is 2.85. The smallest absolute Gasteiger partial charge is 0.328 e. The highest BCUT2D eigenvalue weighted by Crippen LogP contribution is 2.24. The molecule has 3 aromatic carbocycles. The third-order valence-corrected chi connectivity index (χ3v) is 5.20. The van der Waals surface area contributed by atoms with E-state index in [1.165, 1.54) is 32.2 Å². The molecule has 170 valence electrons. The summed E-state index contributed by atoms with van der Waals surface area (Å²) in [6.07, 6.45) is 0.207. The van der Waals surface area contributed by atoms with E-state index in [1.807, 2.05) is 30.3 Å². The summed E-state index contributed by atoms with van der Waals surface area (Å²) in [6, 6.07) is 21.1. The maximum absolute atomic E-state index is 14.7. The molecule has 0 heterocycles. The Labute approximate surface area is 192 Å². The van der Waals surface area contributed by atoms with Gasteiger partial charge in [0.15, 0.2) is 0 Å². The van der Waals surface area contributed by atoms with Crippen LogP contribution in [0.15, 0.2) is 84.9 Å². The fourth-order valence-corrected chi connectivity index (χ4v) is 3.46. The Morgan fingerprint density at radius 2 is 1.48 bits per heavy atom. The van der Waals surface area contributed by atoms with Crippen LogP contribution in [0.3, 0.4) is 0 Å². The van der Waals surface area contributed by atoms with Crippen LogP contribution in [0.4, 0.5) is 10.1 Å². The molecular formula is C26H25FN2O4. The van der Waals surface area contributed by atoms with E-state index in [0.717, 1.165) is 10.5 Å². The molecule has 3 rings (SSSR count). The lowest BCUT2D eigenvalue weighted by atomic mass is 10.0. The van der Waals surface area contributed by atoms with Gasteiger partial charge in [0.05, 0.1) is 12.8 Å². The van der Waals surface area contributed by atoms with Gasteiger partial charge in [-0.05, 0) is 36.8 Å². The van der Waals surface area contributed by atoms with Gasteiger partial charge in [-0.15, -0.1) is 0 Å². The summed E-state index contributed by atoms with van der Waals surface area (Å²) in [6.45, 7) is 1.49. The number of para-hydroxylation sites is 1. The molecule has 1 N–H and O–H groups in total. The molecule has 0 bridgehead atoms. The minimum atomic E-state index is -1.11. The van der Waals surface area contributed by atoms with Crippen LogP contribution < -0.4 is 10.2 Å². The molecule has 0 aliphatic heterocycles. The van der Waals surface area contributed by atoms with Gasteiger partial charge in [0.25, 0.3) is 5.91 Å². The van der Waals surface area contributed by atoms with Crippen LogP contribution in [0.2, 0.25) is 0 Å². The number of benzene rings is 3. The minimum Gasteiger partial charge on any atom is -0.467 e. The molecule has 3 aromatic rings. The van der Waals surface area contributed by atoms with Crippen molar-refractivity contribution in [2.45, 2.75) is 25.4 Å². The molecule has 0 radical (unpaired) electrons. The summed E-state index contributed by atoms with van der Waals surface area (Å²) in [4.78, 5) is 39.9. The molecular weight excluding hydrogens is 423 g/mol. The Kier molecular flexibility index (Phi) is 7.91. The first-order valence-electron chi connectivity index (χ1n) is 10.5. The van der Waals surface area contributed by atoms with Crippen LogP contribution in [0.25, 0.3) is 0 Å². The largest absolute Gasteiger partial charge is 0.467 e. The fraction of sp³-hybridized carbons (Fsp3) is 0.192. The van der Waals surface area contributed by atoms with Crippen molar-refractivity contribution in [2.75, 3.05) is 12.0 Å². The molecule has 7 heteroatoms. The van der Waals surface area contributed by atoms with Crippen LogP contribution in [0.5, 0.6) is 0 Å². The molecule has 0 fully saturated rings. The summed E-state index contributed by atoms with van der Waals surface area (Å²) in [7, 11) is 1.24. The van der Waals surface area contributed by atoms with Gasteiger partial charge in [-0.3, -0.25) is 14.5 Å². The van der Waals surface area contributed by atoms with Crippen molar-refractivity contribution in [3.05, 3.63) is 102 Å². The zero-order valence-electron chi connectivity index (χ0n) is 18.4. The first-order chi connectivity index (χ1) is 15.9. The molecule has 0 saturated carbocycles. The predicted molar refractivity (Wildman–Crippen MR) is 123 cm³/mol. The molecule has 0 spiro atoms. The highest BCUT2D eigenvalue weighted by Gasteiger charge is 2.32. The van der Waals surface area contributed by atoms with Gasteiger partial charge in [0.2, 0.25) is 5.91 Å². The first-order valence-corrected chi connectivity index (χ1v) is 10.5. The van der Waals surface area contributed by atoms with Crippen molar-refractivity contribution < 1.29 is 23.5 Å². The number of amides is 2. The van der Waals surface area contributed by atoms with E-state index >= 15 is 0 Å². The first kappa shape index (κ1) is 23.7. The molecule has 0 aliphatic carbocycles. The quantitative estimate of drug-likeness (QED) is 0.533. The average molecular weight is 448 g/mol. The SMILES string of the molecule is COC(=O)[C@H](Cc1ccccc1)NC(=O)[C@H](C)N(C(=O)c1ccccc1)c1ccccc1F. The predicted octanol–water partition coefficient (Wildman–Crippen LogP) is 3.76. The number of carbonyl (C=O) groups is 3. The summed E-state index contributed by atoms with van der Waals surface area (Å²) in [5, 5.41) is 2.66. The number of anilines is 1. The lowest BCUT2D eigenvalue weighted by Crippen LogP contribution is -2.53. The van der Waals surface area contributed by atoms with Crippen LogP contribution in [0, 0.1) is 5.82 Å². The van der Waals surface area contributed by atoms with Crippen LogP contribution in [0.1, 0.15) is 22.8 Å². The van der Waals surface area contributed by atoms with Crippen LogP contribution in [-0.2, 0) is 20.7 Å². The standard InChI is InChI=1S/C26H25FN2O4/c1-18(24(30)28-22(26(32)33-2)17-19-11-5-3-6-12-19)29(23-16-10-9-15-21(23)27)25(31)20-13-7-4-8-14-20/h3-16,18,22H,17H2,1-2H3,(H,28,30)/t18-,22-/m0/s1. The molecule has 2 atom stereocenters. The third-order valence-electron chi connectivity index (χ3n) is 5.20. The second kappa shape index (κ2) is 11.0. The number of hydrogen-bond acceptors (Lipinski definition) is 4. The number of methoxy groups -OCH3 is 1. The Morgan fingerprint density at radius 3 is 2.09 bits per heavy atom. The van der Waals surface area contributed by atoms with Gasteiger partial charge in [-0.25, -0.2) is 9.18 Å². The zero-order chi connectivity index (χ0) is 23.8.